The highest BCUT2D eigenvalue weighted by molar-refractivity contribution is 5.75. The molecule has 0 aliphatic heterocycles. The summed E-state index contributed by atoms with van der Waals surface area (Å²) in [6.07, 6.45) is 7.63. The molecule has 2 heteroatoms. The molecule has 0 atom stereocenters. The second-order valence-electron chi connectivity index (χ2n) is 2.89. The maximum absolute atomic E-state index is 10.4. The molecular formula is C12H14O2. The van der Waals surface area contributed by atoms with Crippen LogP contribution in [-0.4, -0.2) is 6.29 Å². The van der Waals surface area contributed by atoms with Gasteiger partial charge in [-0.15, -0.1) is 0 Å². The maximum atomic E-state index is 10.4. The number of allylic oxidation sites excluding steroid dienone is 4. The van der Waals surface area contributed by atoms with Gasteiger partial charge in [-0.3, -0.25) is 4.79 Å². The number of hydrogen-bond donors (Lipinski definition) is 0. The van der Waals surface area contributed by atoms with Crippen LogP contribution in [-0.2, 0) is 0 Å². The van der Waals surface area contributed by atoms with Gasteiger partial charge in [0.1, 0.15) is 5.76 Å². The number of carbonyl (C=O) groups is 1. The van der Waals surface area contributed by atoms with Crippen LogP contribution < -0.4 is 0 Å². The molecule has 14 heavy (non-hydrogen) atoms. The average molecular weight is 190 g/mol. The molecule has 1 rings (SSSR count). The van der Waals surface area contributed by atoms with E-state index in [1.807, 2.05) is 25.1 Å². The predicted molar refractivity (Wildman–Crippen MR) is 57.2 cm³/mol. The van der Waals surface area contributed by atoms with E-state index in [4.69, 9.17) is 4.42 Å². The van der Waals surface area contributed by atoms with Gasteiger partial charge >= 0.3 is 0 Å². The number of rotatable bonds is 4. The fourth-order valence-electron chi connectivity index (χ4n) is 1.22. The van der Waals surface area contributed by atoms with Crippen molar-refractivity contribution in [2.75, 3.05) is 0 Å². The molecule has 1 aromatic rings. The van der Waals surface area contributed by atoms with E-state index in [0.29, 0.717) is 12.0 Å². The SMILES string of the molecule is C/C=C\C(=C/CC)c1ccc(C=O)o1. The molecule has 0 radical (unpaired) electrons. The van der Waals surface area contributed by atoms with Crippen molar-refractivity contribution in [3.05, 3.63) is 41.9 Å². The summed E-state index contributed by atoms with van der Waals surface area (Å²) in [5, 5.41) is 0. The number of hydrogen-bond acceptors (Lipinski definition) is 2. The zero-order valence-corrected chi connectivity index (χ0v) is 8.49. The Kier molecular flexibility index (Phi) is 3.92. The number of carbonyl (C=O) groups excluding carboxylic acids is 1. The molecule has 2 nitrogen and oxygen atoms in total. The standard InChI is InChI=1S/C12H14O2/c1-3-5-10(6-4-2)12-8-7-11(9-13)14-12/h3,5-9H,4H2,1-2H3/b5-3-,10-6+. The van der Waals surface area contributed by atoms with Crippen molar-refractivity contribution in [3.63, 3.8) is 0 Å². The first-order valence-electron chi connectivity index (χ1n) is 4.70. The second-order valence-corrected chi connectivity index (χ2v) is 2.89. The van der Waals surface area contributed by atoms with Crippen molar-refractivity contribution in [3.8, 4) is 0 Å². The lowest BCUT2D eigenvalue weighted by atomic mass is 10.1. The summed E-state index contributed by atoms with van der Waals surface area (Å²) >= 11 is 0. The lowest BCUT2D eigenvalue weighted by molar-refractivity contribution is 0.110. The Hall–Kier alpha value is -1.57. The van der Waals surface area contributed by atoms with Gasteiger partial charge < -0.3 is 4.42 Å². The van der Waals surface area contributed by atoms with Gasteiger partial charge in [-0.05, 0) is 25.5 Å². The van der Waals surface area contributed by atoms with Gasteiger partial charge in [0.05, 0.1) is 0 Å². The molecule has 0 saturated heterocycles. The maximum Gasteiger partial charge on any atom is 0.185 e. The molecule has 1 heterocycles. The van der Waals surface area contributed by atoms with Crippen molar-refractivity contribution < 1.29 is 9.21 Å². The number of aldehydes is 1. The molecule has 0 aliphatic rings. The summed E-state index contributed by atoms with van der Waals surface area (Å²) in [6, 6.07) is 3.49. The van der Waals surface area contributed by atoms with E-state index in [0.717, 1.165) is 17.8 Å². The summed E-state index contributed by atoms with van der Waals surface area (Å²) in [5.41, 5.74) is 1.02. The van der Waals surface area contributed by atoms with Crippen LogP contribution in [0.25, 0.3) is 5.57 Å². The molecule has 0 fully saturated rings. The first kappa shape index (κ1) is 10.5. The molecule has 0 aromatic carbocycles. The minimum Gasteiger partial charge on any atom is -0.453 e. The van der Waals surface area contributed by atoms with Gasteiger partial charge in [0, 0.05) is 5.57 Å². The van der Waals surface area contributed by atoms with Gasteiger partial charge in [-0.25, -0.2) is 0 Å². The first-order valence-corrected chi connectivity index (χ1v) is 4.70. The Labute approximate surface area is 83.9 Å². The van der Waals surface area contributed by atoms with Crippen molar-refractivity contribution in [1.29, 1.82) is 0 Å². The Morgan fingerprint density at radius 1 is 1.50 bits per heavy atom. The highest BCUT2D eigenvalue weighted by Crippen LogP contribution is 2.18. The topological polar surface area (TPSA) is 30.2 Å². The predicted octanol–water partition coefficient (Wildman–Crippen LogP) is 3.46. The van der Waals surface area contributed by atoms with Crippen molar-refractivity contribution in [2.45, 2.75) is 20.3 Å². The van der Waals surface area contributed by atoms with E-state index in [2.05, 4.69) is 13.0 Å². The van der Waals surface area contributed by atoms with Crippen LogP contribution in [0.5, 0.6) is 0 Å². The van der Waals surface area contributed by atoms with Gasteiger partial charge in [-0.2, -0.15) is 0 Å². The molecule has 0 amide bonds. The third-order valence-corrected chi connectivity index (χ3v) is 1.80. The van der Waals surface area contributed by atoms with Crippen LogP contribution in [0, 0.1) is 0 Å². The van der Waals surface area contributed by atoms with E-state index in [9.17, 15) is 4.79 Å². The van der Waals surface area contributed by atoms with E-state index in [-0.39, 0.29) is 0 Å². The Morgan fingerprint density at radius 2 is 2.29 bits per heavy atom. The molecule has 0 unspecified atom stereocenters. The molecule has 0 N–H and O–H groups in total. The fourth-order valence-corrected chi connectivity index (χ4v) is 1.22. The largest absolute Gasteiger partial charge is 0.453 e. The molecule has 0 bridgehead atoms. The van der Waals surface area contributed by atoms with Crippen LogP contribution in [0.2, 0.25) is 0 Å². The van der Waals surface area contributed by atoms with E-state index in [1.54, 1.807) is 6.07 Å². The van der Waals surface area contributed by atoms with E-state index >= 15 is 0 Å². The van der Waals surface area contributed by atoms with Crippen molar-refractivity contribution in [1.82, 2.24) is 0 Å². The lowest BCUT2D eigenvalue weighted by Crippen LogP contribution is -1.76. The molecule has 0 saturated carbocycles. The summed E-state index contributed by atoms with van der Waals surface area (Å²) in [5.74, 6) is 1.11. The van der Waals surface area contributed by atoms with E-state index in [1.165, 1.54) is 0 Å². The molecule has 1 aromatic heterocycles. The minimum atomic E-state index is 0.367. The van der Waals surface area contributed by atoms with Crippen molar-refractivity contribution in [2.24, 2.45) is 0 Å². The highest BCUT2D eigenvalue weighted by Gasteiger charge is 2.03. The van der Waals surface area contributed by atoms with Crippen LogP contribution in [0.4, 0.5) is 0 Å². The third kappa shape index (κ3) is 2.46. The van der Waals surface area contributed by atoms with Gasteiger partial charge in [0.15, 0.2) is 12.0 Å². The molecule has 0 aliphatic carbocycles. The quantitative estimate of drug-likeness (QED) is 0.537. The third-order valence-electron chi connectivity index (χ3n) is 1.80. The lowest BCUT2D eigenvalue weighted by Gasteiger charge is -1.96. The van der Waals surface area contributed by atoms with E-state index < -0.39 is 0 Å². The van der Waals surface area contributed by atoms with Gasteiger partial charge in [-0.1, -0.05) is 25.2 Å². The molecule has 0 spiro atoms. The van der Waals surface area contributed by atoms with Crippen LogP contribution >= 0.6 is 0 Å². The monoisotopic (exact) mass is 190 g/mol. The first-order chi connectivity index (χ1) is 6.81. The summed E-state index contributed by atoms with van der Waals surface area (Å²) in [6.45, 7) is 4.01. The highest BCUT2D eigenvalue weighted by atomic mass is 16.3. The van der Waals surface area contributed by atoms with Gasteiger partial charge in [0.2, 0.25) is 0 Å². The molecule has 74 valence electrons. The van der Waals surface area contributed by atoms with Crippen LogP contribution in [0.1, 0.15) is 36.6 Å². The minimum absolute atomic E-state index is 0.367. The normalized spacial score (nSPS) is 12.3. The smallest absolute Gasteiger partial charge is 0.185 e. The summed E-state index contributed by atoms with van der Waals surface area (Å²) in [7, 11) is 0. The fraction of sp³-hybridized carbons (Fsp3) is 0.250. The second kappa shape index (κ2) is 5.22. The zero-order chi connectivity index (χ0) is 10.4. The summed E-state index contributed by atoms with van der Waals surface area (Å²) in [4.78, 5) is 10.4. The van der Waals surface area contributed by atoms with Crippen molar-refractivity contribution >= 4 is 11.9 Å². The summed E-state index contributed by atoms with van der Waals surface area (Å²) < 4.78 is 5.31. The zero-order valence-electron chi connectivity index (χ0n) is 8.49. The van der Waals surface area contributed by atoms with Crippen LogP contribution in [0.3, 0.4) is 0 Å². The van der Waals surface area contributed by atoms with Crippen LogP contribution in [0.15, 0.2) is 34.8 Å². The average Bonchev–Trinajstić information content (AvgIpc) is 2.65. The molecular weight excluding hydrogens is 176 g/mol. The number of furan rings is 1. The Bertz CT molecular complexity index is 356. The Morgan fingerprint density at radius 3 is 2.79 bits per heavy atom. The Balaban J connectivity index is 2.99. The van der Waals surface area contributed by atoms with Gasteiger partial charge in [0.25, 0.3) is 0 Å².